The second-order valence-corrected chi connectivity index (χ2v) is 5.25. The molecule has 1 saturated carbocycles. The van der Waals surface area contributed by atoms with E-state index in [1.165, 1.54) is 0 Å². The molecule has 0 atom stereocenters. The van der Waals surface area contributed by atoms with Crippen molar-refractivity contribution >= 4 is 22.5 Å². The lowest BCUT2D eigenvalue weighted by atomic mass is 10.1. The van der Waals surface area contributed by atoms with Gasteiger partial charge in [-0.15, -0.1) is 0 Å². The van der Waals surface area contributed by atoms with Crippen LogP contribution in [-0.4, -0.2) is 18.0 Å². The van der Waals surface area contributed by atoms with Crippen LogP contribution in [0.4, 0.5) is 5.69 Å². The van der Waals surface area contributed by atoms with Crippen LogP contribution < -0.4 is 10.1 Å². The van der Waals surface area contributed by atoms with Gasteiger partial charge in [-0.05, 0) is 31.0 Å². The number of benzene rings is 1. The van der Waals surface area contributed by atoms with Crippen molar-refractivity contribution < 1.29 is 9.53 Å². The maximum Gasteiger partial charge on any atom is 0.227 e. The van der Waals surface area contributed by atoms with Gasteiger partial charge in [-0.25, -0.2) is 0 Å². The molecule has 2 aromatic rings. The van der Waals surface area contributed by atoms with Gasteiger partial charge < -0.3 is 10.1 Å². The number of rotatable bonds is 3. The number of anilines is 1. The summed E-state index contributed by atoms with van der Waals surface area (Å²) in [5.74, 6) is 1.08. The van der Waals surface area contributed by atoms with E-state index in [-0.39, 0.29) is 11.8 Å². The summed E-state index contributed by atoms with van der Waals surface area (Å²) in [5, 5.41) is 3.97. The number of hydrogen-bond acceptors (Lipinski definition) is 3. The van der Waals surface area contributed by atoms with Crippen molar-refractivity contribution in [1.29, 1.82) is 0 Å². The molecule has 1 aromatic carbocycles. The zero-order valence-corrected chi connectivity index (χ0v) is 11.6. The van der Waals surface area contributed by atoms with Gasteiger partial charge in [-0.1, -0.05) is 12.8 Å². The molecule has 3 rings (SSSR count). The molecule has 104 valence electrons. The third-order valence-corrected chi connectivity index (χ3v) is 3.88. The molecule has 4 heteroatoms. The van der Waals surface area contributed by atoms with Gasteiger partial charge in [-0.3, -0.25) is 9.78 Å². The summed E-state index contributed by atoms with van der Waals surface area (Å²) in [6, 6.07) is 7.69. The first kappa shape index (κ1) is 12.9. The zero-order chi connectivity index (χ0) is 13.9. The standard InChI is InChI=1S/C16H18N2O2/c1-20-14-7-6-12-8-13(10-17-15(12)9-14)18-16(19)11-4-2-3-5-11/h6-11H,2-5H2,1H3,(H,18,19). The van der Waals surface area contributed by atoms with Crippen LogP contribution in [0.1, 0.15) is 25.7 Å². The summed E-state index contributed by atoms with van der Waals surface area (Å²) in [7, 11) is 1.64. The van der Waals surface area contributed by atoms with Crippen LogP contribution in [0, 0.1) is 5.92 Å². The summed E-state index contributed by atoms with van der Waals surface area (Å²) in [5.41, 5.74) is 1.63. The first-order valence-electron chi connectivity index (χ1n) is 7.01. The summed E-state index contributed by atoms with van der Waals surface area (Å²) in [6.45, 7) is 0. The van der Waals surface area contributed by atoms with E-state index >= 15 is 0 Å². The second-order valence-electron chi connectivity index (χ2n) is 5.25. The molecule has 1 aromatic heterocycles. The lowest BCUT2D eigenvalue weighted by Gasteiger charge is -2.10. The summed E-state index contributed by atoms with van der Waals surface area (Å²) >= 11 is 0. The van der Waals surface area contributed by atoms with E-state index in [1.807, 2.05) is 24.3 Å². The summed E-state index contributed by atoms with van der Waals surface area (Å²) < 4.78 is 5.17. The Balaban J connectivity index is 1.80. The van der Waals surface area contributed by atoms with Gasteiger partial charge in [0.1, 0.15) is 5.75 Å². The van der Waals surface area contributed by atoms with Gasteiger partial charge in [0.25, 0.3) is 0 Å². The molecular weight excluding hydrogens is 252 g/mol. The molecule has 0 unspecified atom stereocenters. The Morgan fingerprint density at radius 2 is 2.10 bits per heavy atom. The van der Waals surface area contributed by atoms with Crippen molar-refractivity contribution in [3.05, 3.63) is 30.5 Å². The van der Waals surface area contributed by atoms with E-state index in [0.717, 1.165) is 48.0 Å². The van der Waals surface area contributed by atoms with Gasteiger partial charge in [0.05, 0.1) is 24.5 Å². The van der Waals surface area contributed by atoms with Crippen molar-refractivity contribution in [3.63, 3.8) is 0 Å². The minimum Gasteiger partial charge on any atom is -0.497 e. The largest absolute Gasteiger partial charge is 0.497 e. The minimum atomic E-state index is 0.122. The molecule has 0 saturated heterocycles. The van der Waals surface area contributed by atoms with Gasteiger partial charge >= 0.3 is 0 Å². The third-order valence-electron chi connectivity index (χ3n) is 3.88. The second kappa shape index (κ2) is 5.49. The number of carbonyl (C=O) groups is 1. The highest BCUT2D eigenvalue weighted by molar-refractivity contribution is 5.94. The highest BCUT2D eigenvalue weighted by Crippen LogP contribution is 2.27. The number of nitrogens with zero attached hydrogens (tertiary/aromatic N) is 1. The van der Waals surface area contributed by atoms with Crippen LogP contribution in [0.25, 0.3) is 10.9 Å². The number of amides is 1. The number of methoxy groups -OCH3 is 1. The van der Waals surface area contributed by atoms with Crippen LogP contribution in [-0.2, 0) is 4.79 Å². The lowest BCUT2D eigenvalue weighted by molar-refractivity contribution is -0.119. The topological polar surface area (TPSA) is 51.2 Å². The molecule has 4 nitrogen and oxygen atoms in total. The van der Waals surface area contributed by atoms with E-state index in [4.69, 9.17) is 4.74 Å². The Kier molecular flexibility index (Phi) is 3.54. The number of carbonyl (C=O) groups excluding carboxylic acids is 1. The van der Waals surface area contributed by atoms with Gasteiger partial charge in [-0.2, -0.15) is 0 Å². The quantitative estimate of drug-likeness (QED) is 0.930. The molecular formula is C16H18N2O2. The van der Waals surface area contributed by atoms with E-state index in [2.05, 4.69) is 10.3 Å². The number of ether oxygens (including phenoxy) is 1. The molecule has 1 N–H and O–H groups in total. The monoisotopic (exact) mass is 270 g/mol. The third kappa shape index (κ3) is 2.59. The van der Waals surface area contributed by atoms with Crippen LogP contribution >= 0.6 is 0 Å². The highest BCUT2D eigenvalue weighted by atomic mass is 16.5. The van der Waals surface area contributed by atoms with Crippen LogP contribution in [0.15, 0.2) is 30.5 Å². The lowest BCUT2D eigenvalue weighted by Crippen LogP contribution is -2.20. The Bertz CT molecular complexity index is 633. The van der Waals surface area contributed by atoms with E-state index in [0.29, 0.717) is 0 Å². The average Bonchev–Trinajstić information content (AvgIpc) is 3.01. The van der Waals surface area contributed by atoms with Crippen LogP contribution in [0.5, 0.6) is 5.75 Å². The van der Waals surface area contributed by atoms with Gasteiger partial charge in [0.2, 0.25) is 5.91 Å². The molecule has 1 fully saturated rings. The van der Waals surface area contributed by atoms with Gasteiger partial charge in [0, 0.05) is 17.4 Å². The smallest absolute Gasteiger partial charge is 0.227 e. The Labute approximate surface area is 118 Å². The normalized spacial score (nSPS) is 15.4. The predicted octanol–water partition coefficient (Wildman–Crippen LogP) is 3.37. The van der Waals surface area contributed by atoms with E-state index in [9.17, 15) is 4.79 Å². The van der Waals surface area contributed by atoms with Crippen molar-refractivity contribution in [2.24, 2.45) is 5.92 Å². The molecule has 0 spiro atoms. The molecule has 1 aliphatic rings. The summed E-state index contributed by atoms with van der Waals surface area (Å²) in [4.78, 5) is 16.5. The first-order valence-corrected chi connectivity index (χ1v) is 7.01. The molecule has 0 radical (unpaired) electrons. The first-order chi connectivity index (χ1) is 9.76. The number of pyridine rings is 1. The maximum atomic E-state index is 12.1. The number of hydrogen-bond donors (Lipinski definition) is 1. The maximum absolute atomic E-state index is 12.1. The Morgan fingerprint density at radius 1 is 1.30 bits per heavy atom. The van der Waals surface area contributed by atoms with Crippen molar-refractivity contribution in [2.75, 3.05) is 12.4 Å². The SMILES string of the molecule is COc1ccc2cc(NC(=O)C3CCCC3)cnc2c1. The molecule has 1 aliphatic carbocycles. The molecule has 1 heterocycles. The average molecular weight is 270 g/mol. The number of aromatic nitrogens is 1. The van der Waals surface area contributed by atoms with E-state index in [1.54, 1.807) is 13.3 Å². The fourth-order valence-corrected chi connectivity index (χ4v) is 2.73. The van der Waals surface area contributed by atoms with Crippen molar-refractivity contribution in [1.82, 2.24) is 4.98 Å². The van der Waals surface area contributed by atoms with Crippen molar-refractivity contribution in [3.8, 4) is 5.75 Å². The van der Waals surface area contributed by atoms with Crippen molar-refractivity contribution in [2.45, 2.75) is 25.7 Å². The number of fused-ring (bicyclic) bond motifs is 1. The molecule has 20 heavy (non-hydrogen) atoms. The summed E-state index contributed by atoms with van der Waals surface area (Å²) in [6.07, 6.45) is 6.03. The molecule has 1 amide bonds. The van der Waals surface area contributed by atoms with Crippen LogP contribution in [0.2, 0.25) is 0 Å². The number of nitrogens with one attached hydrogen (secondary N) is 1. The Hall–Kier alpha value is -2.10. The zero-order valence-electron chi connectivity index (χ0n) is 11.6. The van der Waals surface area contributed by atoms with E-state index < -0.39 is 0 Å². The highest BCUT2D eigenvalue weighted by Gasteiger charge is 2.22. The molecule has 0 aliphatic heterocycles. The fourth-order valence-electron chi connectivity index (χ4n) is 2.73. The van der Waals surface area contributed by atoms with Crippen LogP contribution in [0.3, 0.4) is 0 Å². The van der Waals surface area contributed by atoms with Gasteiger partial charge in [0.15, 0.2) is 0 Å². The Morgan fingerprint density at radius 3 is 2.85 bits per heavy atom. The molecule has 0 bridgehead atoms. The fraction of sp³-hybridized carbons (Fsp3) is 0.375. The minimum absolute atomic E-state index is 0.122. The predicted molar refractivity (Wildman–Crippen MR) is 78.9 cm³/mol.